The lowest BCUT2D eigenvalue weighted by molar-refractivity contribution is -0.127. The zero-order chi connectivity index (χ0) is 10.2. The van der Waals surface area contributed by atoms with Gasteiger partial charge in [-0.25, -0.2) is 0 Å². The Bertz CT molecular complexity index is 446. The fourth-order valence-electron chi connectivity index (χ4n) is 1.26. The van der Waals surface area contributed by atoms with E-state index in [1.807, 2.05) is 0 Å². The predicted octanol–water partition coefficient (Wildman–Crippen LogP) is 2.06. The van der Waals surface area contributed by atoms with E-state index >= 15 is 0 Å². The molecule has 2 rings (SSSR count). The molecule has 0 atom stereocenters. The lowest BCUT2D eigenvalue weighted by Gasteiger charge is -2.05. The summed E-state index contributed by atoms with van der Waals surface area (Å²) in [4.78, 5) is 2.71. The highest BCUT2D eigenvalue weighted by Crippen LogP contribution is 2.23. The van der Waals surface area contributed by atoms with Crippen molar-refractivity contribution in [2.75, 3.05) is 0 Å². The summed E-state index contributed by atoms with van der Waals surface area (Å²) in [6, 6.07) is 1.66. The van der Waals surface area contributed by atoms with Crippen LogP contribution in [0.3, 0.4) is 0 Å². The Hall–Kier alpha value is -1.59. The van der Waals surface area contributed by atoms with Crippen molar-refractivity contribution in [3.05, 3.63) is 24.2 Å². The highest BCUT2D eigenvalue weighted by Gasteiger charge is 2.29. The number of alkyl halides is 3. The summed E-state index contributed by atoms with van der Waals surface area (Å²) in [7, 11) is 0. The Morgan fingerprint density at radius 1 is 1.36 bits per heavy atom. The number of H-pyrrole nitrogens is 1. The zero-order valence-corrected chi connectivity index (χ0v) is 6.97. The number of aromatic nitrogens is 3. The van der Waals surface area contributed by atoms with Gasteiger partial charge in [0.2, 0.25) is 0 Å². The molecule has 0 aromatic carbocycles. The molecule has 0 amide bonds. The van der Waals surface area contributed by atoms with Crippen LogP contribution in [0.4, 0.5) is 13.2 Å². The highest BCUT2D eigenvalue weighted by atomic mass is 19.4. The molecule has 0 bridgehead atoms. The van der Waals surface area contributed by atoms with E-state index in [1.54, 1.807) is 12.3 Å². The summed E-state index contributed by atoms with van der Waals surface area (Å²) < 4.78 is 36.3. The van der Waals surface area contributed by atoms with E-state index in [2.05, 4.69) is 15.2 Å². The number of fused-ring (bicyclic) bond motifs is 1. The molecule has 0 aliphatic heterocycles. The maximum atomic E-state index is 12.1. The molecule has 0 spiro atoms. The van der Waals surface area contributed by atoms with Crippen molar-refractivity contribution in [3.63, 3.8) is 0 Å². The van der Waals surface area contributed by atoms with Crippen LogP contribution in [-0.4, -0.2) is 21.4 Å². The normalized spacial score (nSPS) is 12.2. The number of halogens is 3. The minimum absolute atomic E-state index is 0.0694. The van der Waals surface area contributed by atoms with Gasteiger partial charge in [-0.15, -0.1) is 0 Å². The van der Waals surface area contributed by atoms with Crippen molar-refractivity contribution in [1.82, 2.24) is 15.2 Å². The van der Waals surface area contributed by atoms with Crippen LogP contribution in [0.15, 0.2) is 18.5 Å². The van der Waals surface area contributed by atoms with E-state index in [0.717, 1.165) is 0 Å². The molecule has 2 heterocycles. The van der Waals surface area contributed by atoms with Crippen LogP contribution in [0, 0.1) is 0 Å². The van der Waals surface area contributed by atoms with Gasteiger partial charge in [-0.05, 0) is 6.07 Å². The third-order valence-electron chi connectivity index (χ3n) is 1.81. The van der Waals surface area contributed by atoms with Gasteiger partial charge in [0.15, 0.2) is 0 Å². The minimum Gasteiger partial charge on any atom is -0.360 e. The van der Waals surface area contributed by atoms with Gasteiger partial charge in [0.05, 0.1) is 23.8 Å². The number of nitrogens with zero attached hydrogens (tertiary/aromatic N) is 2. The molecule has 6 heteroatoms. The smallest absolute Gasteiger partial charge is 0.360 e. The summed E-state index contributed by atoms with van der Waals surface area (Å²) >= 11 is 0. The summed E-state index contributed by atoms with van der Waals surface area (Å²) in [5.74, 6) is 0. The molecule has 2 aromatic heterocycles. The van der Waals surface area contributed by atoms with Crippen LogP contribution >= 0.6 is 0 Å². The Labute approximate surface area is 77.0 Å². The molecule has 2 aromatic rings. The highest BCUT2D eigenvalue weighted by molar-refractivity contribution is 5.80. The van der Waals surface area contributed by atoms with Crippen LogP contribution in [0.2, 0.25) is 0 Å². The van der Waals surface area contributed by atoms with Gasteiger partial charge < -0.3 is 4.98 Å². The summed E-state index contributed by atoms with van der Waals surface area (Å²) in [6.45, 7) is 0. The number of rotatable bonds is 1. The van der Waals surface area contributed by atoms with Crippen molar-refractivity contribution in [2.45, 2.75) is 12.6 Å². The third kappa shape index (κ3) is 1.68. The third-order valence-corrected chi connectivity index (χ3v) is 1.81. The van der Waals surface area contributed by atoms with Gasteiger partial charge >= 0.3 is 6.18 Å². The number of nitrogens with one attached hydrogen (secondary N) is 1. The second kappa shape index (κ2) is 2.97. The quantitative estimate of drug-likeness (QED) is 0.767. The number of hydrogen-bond acceptors (Lipinski definition) is 2. The monoisotopic (exact) mass is 201 g/mol. The molecule has 0 aliphatic carbocycles. The first-order valence-corrected chi connectivity index (χ1v) is 3.91. The molecule has 0 fully saturated rings. The second-order valence-electron chi connectivity index (χ2n) is 2.89. The van der Waals surface area contributed by atoms with Crippen LogP contribution in [0.1, 0.15) is 5.69 Å². The first-order chi connectivity index (χ1) is 6.56. The maximum absolute atomic E-state index is 12.1. The van der Waals surface area contributed by atoms with Crippen molar-refractivity contribution in [2.24, 2.45) is 0 Å². The van der Waals surface area contributed by atoms with Gasteiger partial charge in [-0.1, -0.05) is 0 Å². The van der Waals surface area contributed by atoms with Gasteiger partial charge in [-0.3, -0.25) is 0 Å². The molecule has 0 saturated heterocycles. The first-order valence-electron chi connectivity index (χ1n) is 3.91. The van der Waals surface area contributed by atoms with Crippen molar-refractivity contribution < 1.29 is 13.2 Å². The Morgan fingerprint density at radius 2 is 2.14 bits per heavy atom. The van der Waals surface area contributed by atoms with E-state index in [1.165, 1.54) is 6.20 Å². The minimum atomic E-state index is -4.26. The number of aromatic amines is 1. The topological polar surface area (TPSA) is 41.6 Å². The van der Waals surface area contributed by atoms with E-state index in [4.69, 9.17) is 0 Å². The molecular weight excluding hydrogens is 195 g/mol. The predicted molar refractivity (Wildman–Crippen MR) is 43.6 cm³/mol. The summed E-state index contributed by atoms with van der Waals surface area (Å²) in [5, 5.41) is 7.60. The second-order valence-corrected chi connectivity index (χ2v) is 2.89. The SMILES string of the molecule is FC(F)(F)Cc1nncc2cc[nH]c12. The van der Waals surface area contributed by atoms with Gasteiger partial charge in [0.1, 0.15) is 0 Å². The zero-order valence-electron chi connectivity index (χ0n) is 6.97. The van der Waals surface area contributed by atoms with Crippen LogP contribution in [-0.2, 0) is 6.42 Å². The molecular formula is C8H6F3N3. The Balaban J connectivity index is 2.46. The van der Waals surface area contributed by atoms with Crippen LogP contribution in [0.25, 0.3) is 10.9 Å². The average Bonchev–Trinajstić information content (AvgIpc) is 2.49. The summed E-state index contributed by atoms with van der Waals surface area (Å²) in [6.07, 6.45) is -2.33. The van der Waals surface area contributed by atoms with Gasteiger partial charge in [0, 0.05) is 11.6 Å². The van der Waals surface area contributed by atoms with E-state index < -0.39 is 12.6 Å². The molecule has 3 nitrogen and oxygen atoms in total. The Morgan fingerprint density at radius 3 is 2.86 bits per heavy atom. The van der Waals surface area contributed by atoms with Crippen LogP contribution < -0.4 is 0 Å². The number of hydrogen-bond donors (Lipinski definition) is 1. The fourth-order valence-corrected chi connectivity index (χ4v) is 1.26. The standard InChI is InChI=1S/C8H6F3N3/c9-8(10,11)3-6-7-5(1-2-12-7)4-13-14-6/h1-2,4,12H,3H2. The van der Waals surface area contributed by atoms with E-state index in [9.17, 15) is 13.2 Å². The summed E-state index contributed by atoms with van der Waals surface area (Å²) in [5.41, 5.74) is 0.331. The molecule has 0 unspecified atom stereocenters. The maximum Gasteiger partial charge on any atom is 0.394 e. The van der Waals surface area contributed by atoms with Crippen molar-refractivity contribution >= 4 is 10.9 Å². The van der Waals surface area contributed by atoms with Crippen LogP contribution in [0.5, 0.6) is 0 Å². The average molecular weight is 201 g/mol. The lowest BCUT2D eigenvalue weighted by atomic mass is 10.2. The van der Waals surface area contributed by atoms with E-state index in [-0.39, 0.29) is 5.69 Å². The van der Waals surface area contributed by atoms with Crippen molar-refractivity contribution in [1.29, 1.82) is 0 Å². The molecule has 14 heavy (non-hydrogen) atoms. The van der Waals surface area contributed by atoms with Crippen molar-refractivity contribution in [3.8, 4) is 0 Å². The van der Waals surface area contributed by atoms with Gasteiger partial charge in [0.25, 0.3) is 0 Å². The molecule has 0 radical (unpaired) electrons. The molecule has 74 valence electrons. The van der Waals surface area contributed by atoms with E-state index in [0.29, 0.717) is 10.9 Å². The largest absolute Gasteiger partial charge is 0.394 e. The lowest BCUT2D eigenvalue weighted by Crippen LogP contribution is -2.13. The molecule has 0 saturated carbocycles. The first kappa shape index (κ1) is 8.98. The molecule has 0 aliphatic rings. The molecule has 1 N–H and O–H groups in total. The fraction of sp³-hybridized carbons (Fsp3) is 0.250. The Kier molecular flexibility index (Phi) is 1.90. The van der Waals surface area contributed by atoms with Gasteiger partial charge in [-0.2, -0.15) is 23.4 Å².